The second-order valence-electron chi connectivity index (χ2n) is 11.8. The fourth-order valence-electron chi connectivity index (χ4n) is 2.77. The van der Waals surface area contributed by atoms with Crippen LogP contribution in [0.3, 0.4) is 0 Å². The minimum atomic E-state index is -0.539. The molecule has 0 aromatic carbocycles. The molecule has 0 saturated carbocycles. The highest BCUT2D eigenvalue weighted by Gasteiger charge is 2.35. The monoisotopic (exact) mass is 397 g/mol. The Morgan fingerprint density at radius 3 is 1.36 bits per heavy atom. The van der Waals surface area contributed by atoms with Gasteiger partial charge >= 0.3 is 0 Å². The maximum atomic E-state index is 13.2. The van der Waals surface area contributed by atoms with Crippen molar-refractivity contribution in [2.75, 3.05) is 13.1 Å². The van der Waals surface area contributed by atoms with Gasteiger partial charge in [0.1, 0.15) is 13.1 Å². The summed E-state index contributed by atoms with van der Waals surface area (Å²) in [6.07, 6.45) is 0.359. The molecule has 0 atom stereocenters. The molecule has 1 N–H and O–H groups in total. The van der Waals surface area contributed by atoms with Gasteiger partial charge in [-0.2, -0.15) is 0 Å². The molecule has 0 unspecified atom stereocenters. The molecule has 6 heteroatoms. The van der Waals surface area contributed by atoms with Crippen LogP contribution in [0.1, 0.15) is 89.5 Å². The molecule has 3 amide bonds. The third-order valence-corrected chi connectivity index (χ3v) is 4.01. The lowest BCUT2D eigenvalue weighted by Crippen LogP contribution is -2.57. The van der Waals surface area contributed by atoms with Gasteiger partial charge in [0.25, 0.3) is 0 Å². The average molecular weight is 398 g/mol. The van der Waals surface area contributed by atoms with Crippen molar-refractivity contribution in [3.63, 3.8) is 0 Å². The van der Waals surface area contributed by atoms with Crippen LogP contribution < -0.4 is 5.32 Å². The summed E-state index contributed by atoms with van der Waals surface area (Å²) in [6, 6.07) is 0. The molecule has 0 heterocycles. The summed E-state index contributed by atoms with van der Waals surface area (Å²) in [6.45, 7) is 23.1. The Labute approximate surface area is 172 Å². The number of nitrogens with one attached hydrogen (secondary N) is 1. The third-order valence-electron chi connectivity index (χ3n) is 4.01. The van der Waals surface area contributed by atoms with Crippen molar-refractivity contribution in [2.45, 2.75) is 106 Å². The largest absolute Gasteiger partial charge is 0.350 e. The van der Waals surface area contributed by atoms with Gasteiger partial charge in [-0.1, -0.05) is 20.8 Å². The van der Waals surface area contributed by atoms with E-state index < -0.39 is 11.1 Å². The van der Waals surface area contributed by atoms with E-state index in [0.29, 0.717) is 6.42 Å². The quantitative estimate of drug-likeness (QED) is 0.771. The minimum Gasteiger partial charge on any atom is -0.350 e. The van der Waals surface area contributed by atoms with E-state index in [1.54, 1.807) is 9.80 Å². The molecule has 164 valence electrons. The highest BCUT2D eigenvalue weighted by Crippen LogP contribution is 2.24. The molecule has 0 spiro atoms. The molecule has 0 aromatic heterocycles. The molecule has 0 aliphatic carbocycles. The van der Waals surface area contributed by atoms with E-state index >= 15 is 0 Å². The molecule has 0 radical (unpaired) electrons. The molecule has 6 nitrogen and oxygen atoms in total. The zero-order chi connectivity index (χ0) is 22.7. The fourth-order valence-corrected chi connectivity index (χ4v) is 2.77. The van der Waals surface area contributed by atoms with Crippen LogP contribution >= 0.6 is 0 Å². The summed E-state index contributed by atoms with van der Waals surface area (Å²) in [5, 5.41) is 2.90. The van der Waals surface area contributed by atoms with Gasteiger partial charge in [-0.25, -0.2) is 0 Å². The number of carbonyl (C=O) groups is 3. The first-order valence-electron chi connectivity index (χ1n) is 10.1. The second-order valence-corrected chi connectivity index (χ2v) is 11.8. The summed E-state index contributed by atoms with van der Waals surface area (Å²) in [5.74, 6) is -0.491. The Kier molecular flexibility index (Phi) is 8.33. The smallest absolute Gasteiger partial charge is 0.243 e. The van der Waals surface area contributed by atoms with Crippen molar-refractivity contribution in [2.24, 2.45) is 5.41 Å². The van der Waals surface area contributed by atoms with Crippen molar-refractivity contribution < 1.29 is 14.4 Å². The number of amides is 3. The predicted molar refractivity (Wildman–Crippen MR) is 115 cm³/mol. The maximum Gasteiger partial charge on any atom is 0.243 e. The summed E-state index contributed by atoms with van der Waals surface area (Å²) < 4.78 is 0. The number of hydrogen-bond donors (Lipinski definition) is 1. The van der Waals surface area contributed by atoms with Crippen LogP contribution in [-0.2, 0) is 14.4 Å². The van der Waals surface area contributed by atoms with Gasteiger partial charge in [-0.05, 0) is 67.7 Å². The normalized spacial score (nSPS) is 13.1. The van der Waals surface area contributed by atoms with E-state index in [1.807, 2.05) is 83.1 Å². The average Bonchev–Trinajstić information content (AvgIpc) is 2.35. The van der Waals surface area contributed by atoms with E-state index in [4.69, 9.17) is 0 Å². The summed E-state index contributed by atoms with van der Waals surface area (Å²) in [5.41, 5.74) is -1.57. The molecular formula is C22H43N3O3. The van der Waals surface area contributed by atoms with Crippen LogP contribution in [0.2, 0.25) is 0 Å². The van der Waals surface area contributed by atoms with Crippen LogP contribution in [0.15, 0.2) is 0 Å². The van der Waals surface area contributed by atoms with Gasteiger partial charge < -0.3 is 15.1 Å². The van der Waals surface area contributed by atoms with Crippen molar-refractivity contribution >= 4 is 17.7 Å². The van der Waals surface area contributed by atoms with Gasteiger partial charge in [-0.15, -0.1) is 0 Å². The van der Waals surface area contributed by atoms with Crippen LogP contribution in [0.4, 0.5) is 0 Å². The maximum absolute atomic E-state index is 13.2. The molecule has 0 aromatic rings. The molecule has 0 aliphatic heterocycles. The molecular weight excluding hydrogens is 354 g/mol. The summed E-state index contributed by atoms with van der Waals surface area (Å²) >= 11 is 0. The second kappa shape index (κ2) is 8.83. The minimum absolute atomic E-state index is 0.0367. The van der Waals surface area contributed by atoms with Gasteiger partial charge in [0, 0.05) is 23.0 Å². The lowest BCUT2D eigenvalue weighted by molar-refractivity contribution is -0.150. The Bertz CT molecular complexity index is 570. The van der Waals surface area contributed by atoms with Gasteiger partial charge in [0.05, 0.1) is 0 Å². The highest BCUT2D eigenvalue weighted by atomic mass is 16.2. The van der Waals surface area contributed by atoms with E-state index in [-0.39, 0.29) is 41.8 Å². The topological polar surface area (TPSA) is 69.7 Å². The molecule has 28 heavy (non-hydrogen) atoms. The third kappa shape index (κ3) is 10.1. The van der Waals surface area contributed by atoms with Gasteiger partial charge in [0.2, 0.25) is 17.7 Å². The first-order chi connectivity index (χ1) is 12.1. The Hall–Kier alpha value is -1.59. The zero-order valence-corrected chi connectivity index (χ0v) is 20.2. The van der Waals surface area contributed by atoms with Gasteiger partial charge in [-0.3, -0.25) is 14.4 Å². The van der Waals surface area contributed by atoms with Crippen molar-refractivity contribution in [3.05, 3.63) is 0 Å². The van der Waals surface area contributed by atoms with Crippen LogP contribution in [-0.4, -0.2) is 57.2 Å². The number of rotatable bonds is 5. The number of hydrogen-bond acceptors (Lipinski definition) is 3. The van der Waals surface area contributed by atoms with Crippen LogP contribution in [0.5, 0.6) is 0 Å². The standard InChI is InChI=1S/C22H43N3O3/c1-19(2,3)13-17(27)25(22(10,11)12)15-18(28)24(21(7,8)9)14-16(26)23-20(4,5)6/h13-15H2,1-12H3,(H,23,26). The fraction of sp³-hybridized carbons (Fsp3) is 0.864. The molecule has 0 fully saturated rings. The zero-order valence-electron chi connectivity index (χ0n) is 20.2. The first-order valence-corrected chi connectivity index (χ1v) is 10.1. The van der Waals surface area contributed by atoms with E-state index in [0.717, 1.165) is 0 Å². The van der Waals surface area contributed by atoms with E-state index in [2.05, 4.69) is 5.32 Å². The summed E-state index contributed by atoms with van der Waals surface area (Å²) in [7, 11) is 0. The van der Waals surface area contributed by atoms with Crippen molar-refractivity contribution in [3.8, 4) is 0 Å². The highest BCUT2D eigenvalue weighted by molar-refractivity contribution is 5.89. The number of carbonyl (C=O) groups excluding carboxylic acids is 3. The number of nitrogens with zero attached hydrogens (tertiary/aromatic N) is 2. The SMILES string of the molecule is CC(C)(C)CC(=O)N(CC(=O)N(CC(=O)NC(C)(C)C)C(C)(C)C)C(C)(C)C. The Morgan fingerprint density at radius 2 is 1.04 bits per heavy atom. The Morgan fingerprint density at radius 1 is 0.643 bits per heavy atom. The van der Waals surface area contributed by atoms with Crippen molar-refractivity contribution in [1.29, 1.82) is 0 Å². The lowest BCUT2D eigenvalue weighted by Gasteiger charge is -2.41. The van der Waals surface area contributed by atoms with Crippen LogP contribution in [0.25, 0.3) is 0 Å². The molecule has 0 aliphatic rings. The molecule has 0 bridgehead atoms. The molecule has 0 saturated heterocycles. The lowest BCUT2D eigenvalue weighted by atomic mass is 9.90. The Balaban J connectivity index is 5.55. The molecule has 0 rings (SSSR count). The van der Waals surface area contributed by atoms with E-state index in [9.17, 15) is 14.4 Å². The first kappa shape index (κ1) is 26.4. The summed E-state index contributed by atoms with van der Waals surface area (Å²) in [4.78, 5) is 41.7. The van der Waals surface area contributed by atoms with Crippen molar-refractivity contribution in [1.82, 2.24) is 15.1 Å². The van der Waals surface area contributed by atoms with E-state index in [1.165, 1.54) is 0 Å². The predicted octanol–water partition coefficient (Wildman–Crippen LogP) is 3.59. The van der Waals surface area contributed by atoms with Crippen LogP contribution in [0, 0.1) is 5.41 Å². The van der Waals surface area contributed by atoms with Gasteiger partial charge in [0.15, 0.2) is 0 Å².